The molecule has 166 valence electrons. The van der Waals surface area contributed by atoms with Crippen molar-refractivity contribution in [3.8, 4) is 22.8 Å². The molecule has 0 radical (unpaired) electrons. The van der Waals surface area contributed by atoms with Gasteiger partial charge in [0, 0.05) is 11.8 Å². The number of para-hydroxylation sites is 2. The van der Waals surface area contributed by atoms with Gasteiger partial charge >= 0.3 is 0 Å². The molecule has 2 atom stereocenters. The van der Waals surface area contributed by atoms with Crippen LogP contribution in [0, 0.1) is 0 Å². The Kier molecular flexibility index (Phi) is 5.71. The van der Waals surface area contributed by atoms with Crippen LogP contribution in [0.3, 0.4) is 0 Å². The zero-order valence-corrected chi connectivity index (χ0v) is 18.8. The van der Waals surface area contributed by atoms with Crippen molar-refractivity contribution < 1.29 is 14.3 Å². The highest BCUT2D eigenvalue weighted by Crippen LogP contribution is 2.45. The third-order valence-corrected chi connectivity index (χ3v) is 5.92. The lowest BCUT2D eigenvalue weighted by Gasteiger charge is -2.26. The lowest BCUT2D eigenvalue weighted by atomic mass is 10.0. The number of pyridine rings is 1. The van der Waals surface area contributed by atoms with Gasteiger partial charge in [0.05, 0.1) is 24.0 Å². The minimum atomic E-state index is -0.336. The Bertz CT molecular complexity index is 1260. The summed E-state index contributed by atoms with van der Waals surface area (Å²) in [6, 6.07) is 24.0. The number of anilines is 1. The molecule has 0 spiro atoms. The van der Waals surface area contributed by atoms with E-state index in [0.717, 1.165) is 22.8 Å². The molecule has 1 aliphatic rings. The minimum Gasteiger partial charge on any atom is -0.506 e. The van der Waals surface area contributed by atoms with Crippen LogP contribution in [0.15, 0.2) is 89.5 Å². The highest BCUT2D eigenvalue weighted by Gasteiger charge is 2.43. The summed E-state index contributed by atoms with van der Waals surface area (Å²) in [4.78, 5) is 6.44. The summed E-state index contributed by atoms with van der Waals surface area (Å²) in [5.41, 5.74) is 2.39. The Balaban J connectivity index is 1.56. The number of rotatable bonds is 6. The van der Waals surface area contributed by atoms with E-state index in [1.165, 1.54) is 0 Å². The van der Waals surface area contributed by atoms with E-state index in [4.69, 9.17) is 21.4 Å². The first-order valence-electron chi connectivity index (χ1n) is 10.8. The predicted molar refractivity (Wildman–Crippen MR) is 131 cm³/mol. The topological polar surface area (TPSA) is 70.8 Å². The second kappa shape index (κ2) is 8.96. The van der Waals surface area contributed by atoms with Gasteiger partial charge in [-0.2, -0.15) is 0 Å². The van der Waals surface area contributed by atoms with Crippen molar-refractivity contribution in [2.45, 2.75) is 19.0 Å². The minimum absolute atomic E-state index is 0.145. The van der Waals surface area contributed by atoms with Gasteiger partial charge in [0.25, 0.3) is 0 Å². The number of hydrogen-bond acceptors (Lipinski definition) is 5. The Morgan fingerprint density at radius 2 is 1.82 bits per heavy atom. The van der Waals surface area contributed by atoms with Crippen LogP contribution in [0.25, 0.3) is 11.3 Å². The molecule has 6 nitrogen and oxygen atoms in total. The molecule has 5 rings (SSSR count). The van der Waals surface area contributed by atoms with E-state index in [9.17, 15) is 5.11 Å². The third kappa shape index (κ3) is 4.03. The first-order chi connectivity index (χ1) is 16.2. The van der Waals surface area contributed by atoms with Crippen LogP contribution in [0.2, 0.25) is 0 Å². The number of nitrogens with one attached hydrogen (secondary N) is 1. The third-order valence-electron chi connectivity index (χ3n) is 5.61. The number of phenols is 1. The summed E-state index contributed by atoms with van der Waals surface area (Å²) in [6.45, 7) is 2.58. The lowest BCUT2D eigenvalue weighted by Crippen LogP contribution is -2.29. The molecule has 2 N–H and O–H groups in total. The van der Waals surface area contributed by atoms with Crippen molar-refractivity contribution in [2.24, 2.45) is 0 Å². The number of hydrogen-bond donors (Lipinski definition) is 2. The summed E-state index contributed by atoms with van der Waals surface area (Å²) in [7, 11) is 0. The van der Waals surface area contributed by atoms with Gasteiger partial charge in [0.1, 0.15) is 29.1 Å². The Hall–Kier alpha value is -3.84. The molecule has 4 aromatic rings. The number of aromatic hydroxyl groups is 1. The van der Waals surface area contributed by atoms with Crippen molar-refractivity contribution >= 4 is 23.0 Å². The van der Waals surface area contributed by atoms with Crippen LogP contribution in [0.5, 0.6) is 11.5 Å². The van der Waals surface area contributed by atoms with Gasteiger partial charge in [-0.15, -0.1) is 0 Å². The van der Waals surface area contributed by atoms with Gasteiger partial charge in [-0.3, -0.25) is 4.98 Å². The Morgan fingerprint density at radius 3 is 2.55 bits per heavy atom. The van der Waals surface area contributed by atoms with Crippen molar-refractivity contribution in [2.75, 3.05) is 11.5 Å². The Labute approximate surface area is 197 Å². The average molecular weight is 458 g/mol. The van der Waals surface area contributed by atoms with Crippen molar-refractivity contribution in [1.82, 2.24) is 10.3 Å². The molecule has 0 amide bonds. The highest BCUT2D eigenvalue weighted by atomic mass is 32.1. The number of phenolic OH excluding ortho intramolecular Hbond substituents is 1. The van der Waals surface area contributed by atoms with Crippen LogP contribution in [-0.4, -0.2) is 21.8 Å². The number of ether oxygens (including phenoxy) is 1. The molecule has 7 heteroatoms. The quantitative estimate of drug-likeness (QED) is 0.364. The Morgan fingerprint density at radius 1 is 1.03 bits per heavy atom. The number of furan rings is 1. The van der Waals surface area contributed by atoms with Crippen molar-refractivity contribution in [1.29, 1.82) is 0 Å². The van der Waals surface area contributed by atoms with Crippen LogP contribution in [-0.2, 0) is 0 Å². The summed E-state index contributed by atoms with van der Waals surface area (Å²) in [6.07, 6.45) is 1.76. The van der Waals surface area contributed by atoms with E-state index >= 15 is 0 Å². The number of thiocarbonyl (C=S) groups is 1. The van der Waals surface area contributed by atoms with Gasteiger partial charge in [0.2, 0.25) is 0 Å². The maximum Gasteiger partial charge on any atom is 0.174 e. The molecule has 0 bridgehead atoms. The van der Waals surface area contributed by atoms with Gasteiger partial charge < -0.3 is 24.5 Å². The molecule has 2 aromatic heterocycles. The van der Waals surface area contributed by atoms with Gasteiger partial charge in [-0.05, 0) is 79.8 Å². The normalized spacial score (nSPS) is 17.7. The highest BCUT2D eigenvalue weighted by molar-refractivity contribution is 7.80. The smallest absolute Gasteiger partial charge is 0.174 e. The van der Waals surface area contributed by atoms with Gasteiger partial charge in [-0.1, -0.05) is 18.2 Å². The van der Waals surface area contributed by atoms with Gasteiger partial charge in [-0.25, -0.2) is 0 Å². The fourth-order valence-corrected chi connectivity index (χ4v) is 4.46. The van der Waals surface area contributed by atoms with Crippen LogP contribution in [0.1, 0.15) is 30.5 Å². The zero-order valence-electron chi connectivity index (χ0n) is 18.0. The molecule has 1 saturated heterocycles. The first-order valence-corrected chi connectivity index (χ1v) is 11.2. The largest absolute Gasteiger partial charge is 0.506 e. The molecule has 0 aliphatic carbocycles. The van der Waals surface area contributed by atoms with Crippen LogP contribution in [0.4, 0.5) is 5.69 Å². The maximum atomic E-state index is 10.6. The molecule has 3 heterocycles. The van der Waals surface area contributed by atoms with E-state index in [-0.39, 0.29) is 17.8 Å². The van der Waals surface area contributed by atoms with Crippen LogP contribution >= 0.6 is 12.2 Å². The number of nitrogens with zero attached hydrogens (tertiary/aromatic N) is 2. The maximum absolute atomic E-state index is 10.6. The van der Waals surface area contributed by atoms with E-state index in [2.05, 4.69) is 10.3 Å². The second-order valence-electron chi connectivity index (χ2n) is 7.64. The summed E-state index contributed by atoms with van der Waals surface area (Å²) in [5, 5.41) is 14.4. The molecule has 2 aromatic carbocycles. The predicted octanol–water partition coefficient (Wildman–Crippen LogP) is 5.62. The van der Waals surface area contributed by atoms with Crippen molar-refractivity contribution in [3.63, 3.8) is 0 Å². The summed E-state index contributed by atoms with van der Waals surface area (Å²) >= 11 is 5.70. The first kappa shape index (κ1) is 21.0. The summed E-state index contributed by atoms with van der Waals surface area (Å²) < 4.78 is 11.9. The molecule has 0 unspecified atom stereocenters. The van der Waals surface area contributed by atoms with E-state index < -0.39 is 0 Å². The van der Waals surface area contributed by atoms with Crippen LogP contribution < -0.4 is 15.0 Å². The van der Waals surface area contributed by atoms with E-state index in [0.29, 0.717) is 23.2 Å². The number of aromatic nitrogens is 1. The SMILES string of the molecule is CCOc1ccc(-c2ccc([C@H]3[C@H](c4ccccn4)NC(=S)N3c3ccccc3O)o2)cc1. The van der Waals surface area contributed by atoms with E-state index in [1.54, 1.807) is 18.3 Å². The summed E-state index contributed by atoms with van der Waals surface area (Å²) in [5.74, 6) is 2.42. The lowest BCUT2D eigenvalue weighted by molar-refractivity contribution is 0.340. The molecule has 1 aliphatic heterocycles. The fraction of sp³-hybridized carbons (Fsp3) is 0.154. The molecular formula is C26H23N3O3S. The number of benzene rings is 2. The van der Waals surface area contributed by atoms with Gasteiger partial charge in [0.15, 0.2) is 5.11 Å². The fourth-order valence-electron chi connectivity index (χ4n) is 4.12. The molecule has 1 fully saturated rings. The monoisotopic (exact) mass is 457 g/mol. The standard InChI is InChI=1S/C26H23N3O3S/c1-2-31-18-12-10-17(11-13-18)22-14-15-23(32-22)25-24(19-7-5-6-16-27-19)28-26(33)29(25)20-8-3-4-9-21(20)30/h3-16,24-25,30H,2H2,1H3,(H,28,33)/t24-,25-/m0/s1. The average Bonchev–Trinajstić information content (AvgIpc) is 3.45. The van der Waals surface area contributed by atoms with Crippen molar-refractivity contribution in [3.05, 3.63) is 96.5 Å². The second-order valence-corrected chi connectivity index (χ2v) is 8.03. The zero-order chi connectivity index (χ0) is 22.8. The molecule has 0 saturated carbocycles. The van der Waals surface area contributed by atoms with E-state index in [1.807, 2.05) is 78.6 Å². The molecular weight excluding hydrogens is 434 g/mol. The molecule has 33 heavy (non-hydrogen) atoms.